The summed E-state index contributed by atoms with van der Waals surface area (Å²) >= 11 is 0. The van der Waals surface area contributed by atoms with E-state index in [-0.39, 0.29) is 0 Å². The van der Waals surface area contributed by atoms with Gasteiger partial charge in [-0.05, 0) is 66.8 Å². The topological polar surface area (TPSA) is 0 Å². The summed E-state index contributed by atoms with van der Waals surface area (Å²) in [5.74, 6) is -1.56. The van der Waals surface area contributed by atoms with Crippen LogP contribution in [0.25, 0.3) is 21.9 Å². The van der Waals surface area contributed by atoms with E-state index in [9.17, 15) is 8.78 Å². The number of halogens is 2. The Hall–Kier alpha value is -2.74. The van der Waals surface area contributed by atoms with Gasteiger partial charge in [-0.1, -0.05) is 54.6 Å². The maximum Gasteiger partial charge on any atom is 0.167 e. The van der Waals surface area contributed by atoms with E-state index in [4.69, 9.17) is 0 Å². The average molecular weight is 362 g/mol. The van der Waals surface area contributed by atoms with E-state index in [0.29, 0.717) is 16.5 Å². The molecule has 0 heterocycles. The number of aryl methyl sites for hydroxylation is 2. The highest BCUT2D eigenvalue weighted by atomic mass is 19.2. The van der Waals surface area contributed by atoms with Crippen molar-refractivity contribution in [3.8, 4) is 11.1 Å². The van der Waals surface area contributed by atoms with Gasteiger partial charge < -0.3 is 0 Å². The zero-order valence-electron chi connectivity index (χ0n) is 15.6. The van der Waals surface area contributed by atoms with Crippen LogP contribution in [0.15, 0.2) is 73.3 Å². The molecule has 0 amide bonds. The fourth-order valence-electron chi connectivity index (χ4n) is 3.28. The molecule has 0 atom stereocenters. The molecular weight excluding hydrogens is 338 g/mol. The van der Waals surface area contributed by atoms with Gasteiger partial charge in [-0.3, -0.25) is 0 Å². The fraction of sp³-hybridized carbons (Fsp3) is 0.200. The number of benzene rings is 3. The molecule has 3 rings (SSSR count). The van der Waals surface area contributed by atoms with Crippen LogP contribution in [0.2, 0.25) is 0 Å². The second-order valence-corrected chi connectivity index (χ2v) is 6.74. The van der Waals surface area contributed by atoms with Crippen LogP contribution in [0, 0.1) is 11.6 Å². The van der Waals surface area contributed by atoms with E-state index in [1.165, 1.54) is 0 Å². The number of hydrogen-bond donors (Lipinski definition) is 0. The molecule has 0 unspecified atom stereocenters. The van der Waals surface area contributed by atoms with Crippen LogP contribution in [0.1, 0.15) is 30.9 Å². The monoisotopic (exact) mass is 362 g/mol. The Morgan fingerprint density at radius 3 is 2.26 bits per heavy atom. The third-order valence-electron chi connectivity index (χ3n) is 4.82. The van der Waals surface area contributed by atoms with Gasteiger partial charge >= 0.3 is 0 Å². The Balaban J connectivity index is 1.96. The van der Waals surface area contributed by atoms with Gasteiger partial charge in [0.05, 0.1) is 0 Å². The number of rotatable bonds is 7. The van der Waals surface area contributed by atoms with Crippen LogP contribution >= 0.6 is 0 Å². The molecule has 0 aromatic heterocycles. The first-order valence-electron chi connectivity index (χ1n) is 9.36. The highest BCUT2D eigenvalue weighted by Crippen LogP contribution is 2.31. The normalized spacial score (nSPS) is 11.4. The Kier molecular flexibility index (Phi) is 6.18. The molecule has 0 saturated heterocycles. The minimum Gasteiger partial charge on any atom is -0.203 e. The second kappa shape index (κ2) is 8.77. The summed E-state index contributed by atoms with van der Waals surface area (Å²) in [4.78, 5) is 0. The molecule has 2 heteroatoms. The van der Waals surface area contributed by atoms with E-state index in [1.807, 2.05) is 55.5 Å². The van der Waals surface area contributed by atoms with Crippen LogP contribution in [0.3, 0.4) is 0 Å². The van der Waals surface area contributed by atoms with Crippen molar-refractivity contribution < 1.29 is 8.78 Å². The van der Waals surface area contributed by atoms with Gasteiger partial charge in [0.1, 0.15) is 0 Å². The summed E-state index contributed by atoms with van der Waals surface area (Å²) in [6.07, 6.45) is 9.44. The Bertz CT molecular complexity index is 966. The number of hydrogen-bond acceptors (Lipinski definition) is 0. The Labute approximate surface area is 159 Å². The smallest absolute Gasteiger partial charge is 0.167 e. The molecule has 0 N–H and O–H groups in total. The minimum atomic E-state index is -0.785. The molecular formula is C25H24F2. The van der Waals surface area contributed by atoms with E-state index < -0.39 is 11.6 Å². The zero-order chi connectivity index (χ0) is 19.2. The van der Waals surface area contributed by atoms with Crippen LogP contribution in [-0.4, -0.2) is 0 Å². The van der Waals surface area contributed by atoms with Crippen molar-refractivity contribution in [2.24, 2.45) is 0 Å². The molecule has 0 saturated carbocycles. The minimum absolute atomic E-state index is 0.303. The molecule has 27 heavy (non-hydrogen) atoms. The Morgan fingerprint density at radius 2 is 1.56 bits per heavy atom. The van der Waals surface area contributed by atoms with E-state index in [1.54, 1.807) is 12.1 Å². The molecule has 0 bridgehead atoms. The van der Waals surface area contributed by atoms with Crippen molar-refractivity contribution >= 4 is 10.8 Å². The first-order chi connectivity index (χ1) is 13.1. The van der Waals surface area contributed by atoms with Gasteiger partial charge in [0.25, 0.3) is 0 Å². The molecule has 138 valence electrons. The van der Waals surface area contributed by atoms with Crippen LogP contribution in [0.4, 0.5) is 8.78 Å². The van der Waals surface area contributed by atoms with Crippen molar-refractivity contribution in [3.63, 3.8) is 0 Å². The summed E-state index contributed by atoms with van der Waals surface area (Å²) in [7, 11) is 0. The van der Waals surface area contributed by atoms with E-state index >= 15 is 0 Å². The maximum absolute atomic E-state index is 14.8. The molecule has 0 fully saturated rings. The van der Waals surface area contributed by atoms with Crippen LogP contribution in [-0.2, 0) is 12.8 Å². The predicted octanol–water partition coefficient (Wildman–Crippen LogP) is 7.41. The van der Waals surface area contributed by atoms with Crippen molar-refractivity contribution in [2.75, 3.05) is 0 Å². The molecule has 0 aliphatic heterocycles. The van der Waals surface area contributed by atoms with Crippen LogP contribution in [0.5, 0.6) is 0 Å². The molecule has 0 nitrogen and oxygen atoms in total. The van der Waals surface area contributed by atoms with Crippen molar-refractivity contribution in [1.82, 2.24) is 0 Å². The number of fused-ring (bicyclic) bond motifs is 1. The Morgan fingerprint density at radius 1 is 0.852 bits per heavy atom. The van der Waals surface area contributed by atoms with E-state index in [0.717, 1.165) is 42.2 Å². The molecule has 0 aliphatic carbocycles. The van der Waals surface area contributed by atoms with Gasteiger partial charge in [-0.2, -0.15) is 0 Å². The summed E-state index contributed by atoms with van der Waals surface area (Å²) in [5.41, 5.74) is 3.16. The van der Waals surface area contributed by atoms with Crippen molar-refractivity contribution in [2.45, 2.75) is 32.6 Å². The van der Waals surface area contributed by atoms with Crippen LogP contribution < -0.4 is 0 Å². The van der Waals surface area contributed by atoms with Gasteiger partial charge in [-0.25, -0.2) is 8.78 Å². The summed E-state index contributed by atoms with van der Waals surface area (Å²) in [5, 5.41) is 1.06. The molecule has 0 aliphatic rings. The van der Waals surface area contributed by atoms with Gasteiger partial charge in [0.15, 0.2) is 11.6 Å². The highest BCUT2D eigenvalue weighted by molar-refractivity contribution is 5.89. The van der Waals surface area contributed by atoms with Gasteiger partial charge in [0, 0.05) is 10.9 Å². The summed E-state index contributed by atoms with van der Waals surface area (Å²) in [6, 6.07) is 15.0. The fourth-order valence-corrected chi connectivity index (χ4v) is 3.28. The quantitative estimate of drug-likeness (QED) is 0.384. The first kappa shape index (κ1) is 19.0. The van der Waals surface area contributed by atoms with Crippen molar-refractivity contribution in [1.29, 1.82) is 0 Å². The molecule has 0 spiro atoms. The van der Waals surface area contributed by atoms with Gasteiger partial charge in [-0.15, -0.1) is 6.58 Å². The molecule has 3 aromatic rings. The summed E-state index contributed by atoms with van der Waals surface area (Å²) < 4.78 is 29.5. The van der Waals surface area contributed by atoms with Crippen molar-refractivity contribution in [3.05, 3.63) is 96.1 Å². The lowest BCUT2D eigenvalue weighted by Gasteiger charge is -2.10. The average Bonchev–Trinajstić information content (AvgIpc) is 2.70. The second-order valence-electron chi connectivity index (χ2n) is 6.74. The van der Waals surface area contributed by atoms with Gasteiger partial charge in [0.2, 0.25) is 0 Å². The lowest BCUT2D eigenvalue weighted by molar-refractivity contribution is 0.519. The molecule has 0 radical (unpaired) electrons. The lowest BCUT2D eigenvalue weighted by Crippen LogP contribution is -1.94. The zero-order valence-corrected chi connectivity index (χ0v) is 15.6. The highest BCUT2D eigenvalue weighted by Gasteiger charge is 2.15. The third-order valence-corrected chi connectivity index (χ3v) is 4.82. The SMILES string of the molecule is C=CCCc1ccc(-c2cc3ccc(CC/C=C/C)cc3c(F)c2F)cc1. The number of allylic oxidation sites excluding steroid dienone is 3. The largest absolute Gasteiger partial charge is 0.203 e. The van der Waals surface area contributed by atoms with E-state index in [2.05, 4.69) is 12.7 Å². The predicted molar refractivity (Wildman–Crippen MR) is 111 cm³/mol. The lowest BCUT2D eigenvalue weighted by atomic mass is 9.96. The standard InChI is InChI=1S/C25H24F2/c1-3-5-7-9-19-12-15-21-17-23(25(27)24(26)22(21)16-19)20-13-10-18(11-14-20)8-6-4-2/h3-5,10-17H,2,6-9H2,1H3/b5-3+. The maximum atomic E-state index is 14.8. The molecule has 3 aromatic carbocycles. The third kappa shape index (κ3) is 4.33. The first-order valence-corrected chi connectivity index (χ1v) is 9.36. The summed E-state index contributed by atoms with van der Waals surface area (Å²) in [6.45, 7) is 5.70.